The number of hydrogen-bond acceptors (Lipinski definition) is 2. The summed E-state index contributed by atoms with van der Waals surface area (Å²) in [6, 6.07) is 8.59. The van der Waals surface area contributed by atoms with E-state index in [4.69, 9.17) is 0 Å². The van der Waals surface area contributed by atoms with E-state index in [1.165, 1.54) is 5.56 Å². The van der Waals surface area contributed by atoms with Crippen LogP contribution in [0.4, 0.5) is 0 Å². The van der Waals surface area contributed by atoms with E-state index in [1.54, 1.807) is 0 Å². The highest BCUT2D eigenvalue weighted by Gasteiger charge is 2.16. The van der Waals surface area contributed by atoms with Crippen molar-refractivity contribution in [2.24, 2.45) is 0 Å². The van der Waals surface area contributed by atoms with Gasteiger partial charge in [-0.2, -0.15) is 0 Å². The maximum Gasteiger partial charge on any atom is 0.0435 e. The molecule has 1 N–H and O–H groups in total. The van der Waals surface area contributed by atoms with Gasteiger partial charge in [-0.1, -0.05) is 28.1 Å². The normalized spacial score (nSPS) is 22.9. The number of hydrogen-bond donors (Lipinski definition) is 1. The van der Waals surface area contributed by atoms with Crippen LogP contribution in [-0.4, -0.2) is 12.4 Å². The minimum atomic E-state index is 0.651. The lowest BCUT2D eigenvalue weighted by molar-refractivity contribution is 0.807. The lowest BCUT2D eigenvalue weighted by atomic mass is 10.1. The Morgan fingerprint density at radius 1 is 1.33 bits per heavy atom. The molecule has 64 valence electrons. The molecule has 0 spiro atoms. The summed E-state index contributed by atoms with van der Waals surface area (Å²) in [6.07, 6.45) is 0. The topological polar surface area (TPSA) is 12.0 Å². The molecule has 1 saturated heterocycles. The summed E-state index contributed by atoms with van der Waals surface area (Å²) >= 11 is 5.41. The first-order valence-electron chi connectivity index (χ1n) is 3.94. The fourth-order valence-corrected chi connectivity index (χ4v) is 2.59. The molecule has 1 fully saturated rings. The minimum absolute atomic E-state index is 0.651. The maximum absolute atomic E-state index is 3.43. The van der Waals surface area contributed by atoms with Crippen LogP contribution < -0.4 is 5.32 Å². The van der Waals surface area contributed by atoms with E-state index in [9.17, 15) is 0 Å². The minimum Gasteiger partial charge on any atom is -0.306 e. The maximum atomic E-state index is 3.43. The van der Waals surface area contributed by atoms with Crippen molar-refractivity contribution in [2.75, 3.05) is 12.4 Å². The number of rotatable bonds is 1. The van der Waals surface area contributed by atoms with E-state index in [2.05, 4.69) is 45.5 Å². The highest BCUT2D eigenvalue weighted by Crippen LogP contribution is 2.31. The lowest BCUT2D eigenvalue weighted by Gasteiger charge is -2.06. The van der Waals surface area contributed by atoms with E-state index in [0.717, 1.165) is 16.9 Å². The van der Waals surface area contributed by atoms with Crippen molar-refractivity contribution in [3.8, 4) is 0 Å². The van der Waals surface area contributed by atoms with Gasteiger partial charge in [0.05, 0.1) is 0 Å². The summed E-state index contributed by atoms with van der Waals surface area (Å²) < 4.78 is 1.15. The second-order valence-electron chi connectivity index (χ2n) is 2.81. The van der Waals surface area contributed by atoms with Gasteiger partial charge in [-0.25, -0.2) is 0 Å². The molecular formula is C9H10BrNS. The Labute approximate surface area is 85.1 Å². The van der Waals surface area contributed by atoms with E-state index in [-0.39, 0.29) is 0 Å². The van der Waals surface area contributed by atoms with Crippen LogP contribution in [-0.2, 0) is 0 Å². The molecule has 0 radical (unpaired) electrons. The van der Waals surface area contributed by atoms with Crippen LogP contribution in [0.15, 0.2) is 28.7 Å². The van der Waals surface area contributed by atoms with Crippen LogP contribution in [0.3, 0.4) is 0 Å². The van der Waals surface area contributed by atoms with Gasteiger partial charge in [0, 0.05) is 22.1 Å². The van der Waals surface area contributed by atoms with Crippen molar-refractivity contribution < 1.29 is 0 Å². The molecule has 1 nitrogen and oxygen atoms in total. The average molecular weight is 244 g/mol. The Hall–Kier alpha value is 0.01000. The van der Waals surface area contributed by atoms with Crippen LogP contribution in [0, 0.1) is 0 Å². The number of nitrogens with one attached hydrogen (secondary N) is 1. The van der Waals surface area contributed by atoms with Crippen molar-refractivity contribution in [3.63, 3.8) is 0 Å². The standard InChI is InChI=1S/C9H10BrNS/c10-8-3-1-7(2-4-8)9-5-11-6-12-9/h1-4,9,11H,5-6H2. The van der Waals surface area contributed by atoms with Gasteiger partial charge in [-0.15, -0.1) is 11.8 Å². The van der Waals surface area contributed by atoms with E-state index < -0.39 is 0 Å². The Morgan fingerprint density at radius 3 is 2.67 bits per heavy atom. The largest absolute Gasteiger partial charge is 0.306 e. The molecule has 1 aliphatic rings. The molecule has 2 rings (SSSR count). The molecular weight excluding hydrogens is 234 g/mol. The van der Waals surface area contributed by atoms with E-state index in [0.29, 0.717) is 5.25 Å². The first-order valence-corrected chi connectivity index (χ1v) is 5.78. The first-order chi connectivity index (χ1) is 5.86. The molecule has 0 saturated carbocycles. The summed E-state index contributed by atoms with van der Waals surface area (Å²) in [4.78, 5) is 0. The monoisotopic (exact) mass is 243 g/mol. The third kappa shape index (κ3) is 1.84. The van der Waals surface area contributed by atoms with Gasteiger partial charge >= 0.3 is 0 Å². The number of benzene rings is 1. The zero-order chi connectivity index (χ0) is 8.39. The predicted octanol–water partition coefficient (Wildman–Crippen LogP) is 2.78. The molecule has 3 heteroatoms. The van der Waals surface area contributed by atoms with Gasteiger partial charge in [-0.05, 0) is 17.7 Å². The van der Waals surface area contributed by atoms with Gasteiger partial charge in [0.15, 0.2) is 0 Å². The molecule has 0 bridgehead atoms. The summed E-state index contributed by atoms with van der Waals surface area (Å²) in [5.41, 5.74) is 1.42. The SMILES string of the molecule is Brc1ccc(C2CNCS2)cc1. The molecule has 1 aromatic rings. The Kier molecular flexibility index (Phi) is 2.73. The highest BCUT2D eigenvalue weighted by atomic mass is 79.9. The molecule has 1 heterocycles. The molecule has 0 aliphatic carbocycles. The van der Waals surface area contributed by atoms with Gasteiger partial charge in [0.2, 0.25) is 0 Å². The van der Waals surface area contributed by atoms with Gasteiger partial charge < -0.3 is 5.32 Å². The number of halogens is 1. The van der Waals surface area contributed by atoms with Crippen LogP contribution in [0.1, 0.15) is 10.8 Å². The fourth-order valence-electron chi connectivity index (χ4n) is 1.30. The lowest BCUT2D eigenvalue weighted by Crippen LogP contribution is -2.07. The van der Waals surface area contributed by atoms with Crippen LogP contribution in [0.25, 0.3) is 0 Å². The summed E-state index contributed by atoms with van der Waals surface area (Å²) in [5, 5.41) is 3.99. The van der Waals surface area contributed by atoms with Crippen molar-refractivity contribution in [2.45, 2.75) is 5.25 Å². The third-order valence-corrected chi connectivity index (χ3v) is 3.70. The van der Waals surface area contributed by atoms with Crippen molar-refractivity contribution in [3.05, 3.63) is 34.3 Å². The zero-order valence-corrected chi connectivity index (χ0v) is 8.99. The molecule has 1 aliphatic heterocycles. The molecule has 0 aromatic heterocycles. The second kappa shape index (κ2) is 3.81. The molecule has 1 aromatic carbocycles. The van der Waals surface area contributed by atoms with Gasteiger partial charge in [0.25, 0.3) is 0 Å². The molecule has 12 heavy (non-hydrogen) atoms. The quantitative estimate of drug-likeness (QED) is 0.815. The van der Waals surface area contributed by atoms with Crippen molar-refractivity contribution in [1.29, 1.82) is 0 Å². The average Bonchev–Trinajstić information content (AvgIpc) is 2.58. The van der Waals surface area contributed by atoms with Crippen LogP contribution in [0.2, 0.25) is 0 Å². The van der Waals surface area contributed by atoms with E-state index >= 15 is 0 Å². The summed E-state index contributed by atoms with van der Waals surface area (Å²) in [7, 11) is 0. The Bertz CT molecular complexity index is 254. The van der Waals surface area contributed by atoms with Gasteiger partial charge in [-0.3, -0.25) is 0 Å². The first kappa shape index (κ1) is 8.60. The van der Waals surface area contributed by atoms with Crippen molar-refractivity contribution in [1.82, 2.24) is 5.32 Å². The highest BCUT2D eigenvalue weighted by molar-refractivity contribution is 9.10. The third-order valence-electron chi connectivity index (χ3n) is 1.96. The zero-order valence-electron chi connectivity index (χ0n) is 6.59. The molecule has 1 unspecified atom stereocenters. The Morgan fingerprint density at radius 2 is 2.08 bits per heavy atom. The van der Waals surface area contributed by atoms with Gasteiger partial charge in [0.1, 0.15) is 0 Å². The second-order valence-corrected chi connectivity index (χ2v) is 4.91. The fraction of sp³-hybridized carbons (Fsp3) is 0.333. The smallest absolute Gasteiger partial charge is 0.0435 e. The van der Waals surface area contributed by atoms with E-state index in [1.807, 2.05) is 11.8 Å². The Balaban J connectivity index is 2.17. The predicted molar refractivity (Wildman–Crippen MR) is 57.3 cm³/mol. The van der Waals surface area contributed by atoms with Crippen LogP contribution >= 0.6 is 27.7 Å². The molecule has 1 atom stereocenters. The summed E-state index contributed by atoms with van der Waals surface area (Å²) in [6.45, 7) is 1.10. The number of thioether (sulfide) groups is 1. The summed E-state index contributed by atoms with van der Waals surface area (Å²) in [5.74, 6) is 1.08. The molecule has 0 amide bonds. The van der Waals surface area contributed by atoms with Crippen LogP contribution in [0.5, 0.6) is 0 Å². The van der Waals surface area contributed by atoms with Crippen molar-refractivity contribution >= 4 is 27.7 Å².